The minimum Gasteiger partial charge on any atom is -0.375 e. The van der Waals surface area contributed by atoms with Crippen LogP contribution in [0.3, 0.4) is 0 Å². The third kappa shape index (κ3) is 6.38. The van der Waals surface area contributed by atoms with E-state index < -0.39 is 0 Å². The SMILES string of the molecule is CCCc1nc(COCCCNCc2ccccc2)cs1. The third-order valence-electron chi connectivity index (χ3n) is 3.13. The van der Waals surface area contributed by atoms with Gasteiger partial charge in [-0.3, -0.25) is 0 Å². The molecule has 0 bridgehead atoms. The number of aromatic nitrogens is 1. The summed E-state index contributed by atoms with van der Waals surface area (Å²) < 4.78 is 5.67. The summed E-state index contributed by atoms with van der Waals surface area (Å²) >= 11 is 1.74. The lowest BCUT2D eigenvalue weighted by atomic mass is 10.2. The zero-order valence-corrected chi connectivity index (χ0v) is 13.5. The Kier molecular flexibility index (Phi) is 7.43. The number of aryl methyl sites for hydroxylation is 1. The quantitative estimate of drug-likeness (QED) is 0.678. The average Bonchev–Trinajstić information content (AvgIpc) is 2.95. The van der Waals surface area contributed by atoms with Crippen LogP contribution in [0.1, 0.15) is 36.0 Å². The van der Waals surface area contributed by atoms with E-state index in [9.17, 15) is 0 Å². The summed E-state index contributed by atoms with van der Waals surface area (Å²) in [5.74, 6) is 0. The van der Waals surface area contributed by atoms with E-state index in [1.165, 1.54) is 10.6 Å². The van der Waals surface area contributed by atoms with E-state index >= 15 is 0 Å². The first-order chi connectivity index (χ1) is 10.4. The Bertz CT molecular complexity index is 499. The third-order valence-corrected chi connectivity index (χ3v) is 4.08. The van der Waals surface area contributed by atoms with E-state index in [1.807, 2.05) is 6.07 Å². The number of rotatable bonds is 10. The fourth-order valence-corrected chi connectivity index (χ4v) is 2.93. The second-order valence-corrected chi connectivity index (χ2v) is 5.99. The van der Waals surface area contributed by atoms with Crippen LogP contribution in [0, 0.1) is 0 Å². The van der Waals surface area contributed by atoms with Gasteiger partial charge >= 0.3 is 0 Å². The van der Waals surface area contributed by atoms with Gasteiger partial charge in [0.05, 0.1) is 17.3 Å². The van der Waals surface area contributed by atoms with Gasteiger partial charge in [0.25, 0.3) is 0 Å². The molecule has 0 saturated carbocycles. The van der Waals surface area contributed by atoms with Crippen LogP contribution in [0.25, 0.3) is 0 Å². The number of ether oxygens (including phenoxy) is 1. The van der Waals surface area contributed by atoms with Crippen LogP contribution in [0.5, 0.6) is 0 Å². The lowest BCUT2D eigenvalue weighted by Gasteiger charge is -2.05. The van der Waals surface area contributed by atoms with E-state index in [1.54, 1.807) is 11.3 Å². The summed E-state index contributed by atoms with van der Waals surface area (Å²) in [6.45, 7) is 5.50. The molecular weight excluding hydrogens is 280 g/mol. The molecule has 21 heavy (non-hydrogen) atoms. The first-order valence-electron chi connectivity index (χ1n) is 7.64. The van der Waals surface area contributed by atoms with Crippen molar-refractivity contribution in [3.8, 4) is 0 Å². The summed E-state index contributed by atoms with van der Waals surface area (Å²) in [7, 11) is 0. The van der Waals surface area contributed by atoms with Crippen LogP contribution in [0.4, 0.5) is 0 Å². The van der Waals surface area contributed by atoms with Crippen molar-refractivity contribution in [3.05, 3.63) is 52.0 Å². The molecule has 0 aliphatic carbocycles. The average molecular weight is 304 g/mol. The number of hydrogen-bond donors (Lipinski definition) is 1. The van der Waals surface area contributed by atoms with E-state index in [0.29, 0.717) is 6.61 Å². The summed E-state index contributed by atoms with van der Waals surface area (Å²) in [5.41, 5.74) is 2.39. The van der Waals surface area contributed by atoms with Crippen molar-refractivity contribution in [1.29, 1.82) is 0 Å². The number of nitrogens with one attached hydrogen (secondary N) is 1. The Hall–Kier alpha value is -1.23. The van der Waals surface area contributed by atoms with Gasteiger partial charge in [0.2, 0.25) is 0 Å². The summed E-state index contributed by atoms with van der Waals surface area (Å²) in [6, 6.07) is 10.5. The van der Waals surface area contributed by atoms with Gasteiger partial charge in [-0.15, -0.1) is 11.3 Å². The van der Waals surface area contributed by atoms with Crippen LogP contribution in [0.15, 0.2) is 35.7 Å². The second-order valence-electron chi connectivity index (χ2n) is 5.05. The Morgan fingerprint density at radius 2 is 2.10 bits per heavy atom. The van der Waals surface area contributed by atoms with Gasteiger partial charge in [-0.1, -0.05) is 37.3 Å². The molecule has 0 aliphatic heterocycles. The molecule has 2 rings (SSSR count). The summed E-state index contributed by atoms with van der Waals surface area (Å²) in [6.07, 6.45) is 3.26. The first kappa shape index (κ1) is 16.1. The Labute approximate surface area is 131 Å². The molecule has 0 aliphatic rings. The Balaban J connectivity index is 1.50. The van der Waals surface area contributed by atoms with E-state index in [0.717, 1.165) is 44.7 Å². The van der Waals surface area contributed by atoms with Gasteiger partial charge in [-0.2, -0.15) is 0 Å². The van der Waals surface area contributed by atoms with Gasteiger partial charge in [-0.05, 0) is 31.4 Å². The molecule has 1 aromatic heterocycles. The molecule has 0 spiro atoms. The van der Waals surface area contributed by atoms with Crippen molar-refractivity contribution in [2.45, 2.75) is 39.3 Å². The highest BCUT2D eigenvalue weighted by Crippen LogP contribution is 2.12. The van der Waals surface area contributed by atoms with Crippen molar-refractivity contribution in [1.82, 2.24) is 10.3 Å². The van der Waals surface area contributed by atoms with E-state index in [2.05, 4.69) is 46.9 Å². The van der Waals surface area contributed by atoms with Gasteiger partial charge in [-0.25, -0.2) is 4.98 Å². The highest BCUT2D eigenvalue weighted by atomic mass is 32.1. The molecule has 0 atom stereocenters. The topological polar surface area (TPSA) is 34.1 Å². The Morgan fingerprint density at radius 3 is 2.90 bits per heavy atom. The van der Waals surface area contributed by atoms with Gasteiger partial charge in [0.15, 0.2) is 0 Å². The summed E-state index contributed by atoms with van der Waals surface area (Å²) in [5, 5.41) is 6.76. The zero-order valence-electron chi connectivity index (χ0n) is 12.7. The molecule has 0 amide bonds. The highest BCUT2D eigenvalue weighted by Gasteiger charge is 2.01. The van der Waals surface area contributed by atoms with E-state index in [-0.39, 0.29) is 0 Å². The van der Waals surface area contributed by atoms with Gasteiger partial charge in [0, 0.05) is 18.5 Å². The minimum atomic E-state index is 0.638. The maximum absolute atomic E-state index is 5.67. The van der Waals surface area contributed by atoms with Crippen LogP contribution in [-0.4, -0.2) is 18.1 Å². The monoisotopic (exact) mass is 304 g/mol. The van der Waals surface area contributed by atoms with Crippen molar-refractivity contribution in [2.75, 3.05) is 13.2 Å². The maximum Gasteiger partial charge on any atom is 0.0929 e. The predicted octanol–water partition coefficient (Wildman–Crippen LogP) is 3.79. The largest absolute Gasteiger partial charge is 0.375 e. The smallest absolute Gasteiger partial charge is 0.0929 e. The standard InChI is InChI=1S/C17H24N2OS/c1-2-7-17-19-16(14-21-17)13-20-11-6-10-18-12-15-8-4-3-5-9-15/h3-5,8-9,14,18H,2,6-7,10-13H2,1H3. The predicted molar refractivity (Wildman–Crippen MR) is 88.5 cm³/mol. The van der Waals surface area contributed by atoms with Crippen molar-refractivity contribution >= 4 is 11.3 Å². The minimum absolute atomic E-state index is 0.638. The van der Waals surface area contributed by atoms with Crippen LogP contribution < -0.4 is 5.32 Å². The molecular formula is C17H24N2OS. The lowest BCUT2D eigenvalue weighted by Crippen LogP contribution is -2.16. The molecule has 0 radical (unpaired) electrons. The molecule has 0 fully saturated rings. The summed E-state index contributed by atoms with van der Waals surface area (Å²) in [4.78, 5) is 4.55. The molecule has 1 N–H and O–H groups in total. The Morgan fingerprint density at radius 1 is 1.24 bits per heavy atom. The molecule has 1 aromatic carbocycles. The van der Waals surface area contributed by atoms with Crippen molar-refractivity contribution in [2.24, 2.45) is 0 Å². The van der Waals surface area contributed by atoms with Crippen LogP contribution in [0.2, 0.25) is 0 Å². The van der Waals surface area contributed by atoms with Crippen LogP contribution >= 0.6 is 11.3 Å². The number of nitrogens with zero attached hydrogens (tertiary/aromatic N) is 1. The molecule has 4 heteroatoms. The van der Waals surface area contributed by atoms with Gasteiger partial charge in [0.1, 0.15) is 0 Å². The lowest BCUT2D eigenvalue weighted by molar-refractivity contribution is 0.116. The fourth-order valence-electron chi connectivity index (χ4n) is 2.05. The highest BCUT2D eigenvalue weighted by molar-refractivity contribution is 7.09. The van der Waals surface area contributed by atoms with Crippen molar-refractivity contribution < 1.29 is 4.74 Å². The fraction of sp³-hybridized carbons (Fsp3) is 0.471. The maximum atomic E-state index is 5.67. The molecule has 0 unspecified atom stereocenters. The van der Waals surface area contributed by atoms with Crippen molar-refractivity contribution in [3.63, 3.8) is 0 Å². The molecule has 114 valence electrons. The molecule has 0 saturated heterocycles. The normalized spacial score (nSPS) is 10.9. The molecule has 1 heterocycles. The molecule has 3 nitrogen and oxygen atoms in total. The van der Waals surface area contributed by atoms with Crippen LogP contribution in [-0.2, 0) is 24.3 Å². The number of hydrogen-bond acceptors (Lipinski definition) is 4. The second kappa shape index (κ2) is 9.66. The number of thiazole rings is 1. The zero-order chi connectivity index (χ0) is 14.8. The van der Waals surface area contributed by atoms with Gasteiger partial charge < -0.3 is 10.1 Å². The van der Waals surface area contributed by atoms with E-state index in [4.69, 9.17) is 4.74 Å². The first-order valence-corrected chi connectivity index (χ1v) is 8.52. The number of benzene rings is 1. The molecule has 2 aromatic rings.